The summed E-state index contributed by atoms with van der Waals surface area (Å²) in [5, 5.41) is 2.31. The molecule has 3 heterocycles. The molecular formula is C26H28FN3O3. The zero-order valence-corrected chi connectivity index (χ0v) is 18.7. The Morgan fingerprint density at radius 2 is 1.79 bits per heavy atom. The Morgan fingerprint density at radius 3 is 2.48 bits per heavy atom. The Kier molecular flexibility index (Phi) is 5.52. The average Bonchev–Trinajstić information content (AvgIpc) is 3.15. The second-order valence-corrected chi connectivity index (χ2v) is 9.36. The van der Waals surface area contributed by atoms with Gasteiger partial charge in [-0.05, 0) is 48.9 Å². The molecule has 6 nitrogen and oxygen atoms in total. The van der Waals surface area contributed by atoms with E-state index in [1.54, 1.807) is 18.2 Å². The van der Waals surface area contributed by atoms with Crippen LogP contribution in [0.2, 0.25) is 0 Å². The van der Waals surface area contributed by atoms with Crippen molar-refractivity contribution in [3.63, 3.8) is 0 Å². The van der Waals surface area contributed by atoms with Crippen LogP contribution in [0.1, 0.15) is 65.7 Å². The topological polar surface area (TPSA) is 69.7 Å². The van der Waals surface area contributed by atoms with E-state index in [-0.39, 0.29) is 30.8 Å². The van der Waals surface area contributed by atoms with Gasteiger partial charge in [0.25, 0.3) is 5.91 Å². The number of halogens is 1. The van der Waals surface area contributed by atoms with E-state index in [0.717, 1.165) is 5.56 Å². The molecule has 2 saturated heterocycles. The molecule has 0 bridgehead atoms. The van der Waals surface area contributed by atoms with Crippen LogP contribution in [0.5, 0.6) is 0 Å². The Bertz CT molecular complexity index is 1100. The quantitative estimate of drug-likeness (QED) is 0.726. The highest BCUT2D eigenvalue weighted by Crippen LogP contribution is 2.41. The van der Waals surface area contributed by atoms with E-state index >= 15 is 4.39 Å². The largest absolute Gasteiger partial charge is 0.322 e. The number of rotatable bonds is 4. The predicted octanol–water partition coefficient (Wildman–Crippen LogP) is 3.47. The molecule has 7 heteroatoms. The number of fused-ring (bicyclic) bond motifs is 1. The Balaban J connectivity index is 1.29. The standard InChI is InChI=1S/C26H28FN3O3/c1-17(18-5-3-2-4-6-18)29-13-11-26(27,12-14-29)20-7-8-21-19(15-20)16-30(25(21)33)22-9-10-23(31)28-24(22)32/h2-8,15,17,22H,9-14,16H2,1H3,(H,28,31,32). The summed E-state index contributed by atoms with van der Waals surface area (Å²) in [7, 11) is 0. The Morgan fingerprint density at radius 1 is 1.06 bits per heavy atom. The number of nitrogens with one attached hydrogen (secondary N) is 1. The zero-order valence-electron chi connectivity index (χ0n) is 18.7. The SMILES string of the molecule is CC(c1ccccc1)N1CCC(F)(c2ccc3c(c2)CN(C2CCC(=O)NC2=O)C3=O)CC1. The lowest BCUT2D eigenvalue weighted by atomic mass is 9.84. The second-order valence-electron chi connectivity index (χ2n) is 9.36. The fourth-order valence-electron chi connectivity index (χ4n) is 5.35. The van der Waals surface area contributed by atoms with Gasteiger partial charge in [0.15, 0.2) is 0 Å². The molecule has 3 aliphatic rings. The smallest absolute Gasteiger partial charge is 0.255 e. The Hall–Kier alpha value is -3.06. The molecule has 0 aliphatic carbocycles. The number of likely N-dealkylation sites (tertiary alicyclic amines) is 1. The maximum Gasteiger partial charge on any atom is 0.255 e. The summed E-state index contributed by atoms with van der Waals surface area (Å²) < 4.78 is 16.0. The summed E-state index contributed by atoms with van der Waals surface area (Å²) in [5.74, 6) is -0.977. The van der Waals surface area contributed by atoms with Crippen LogP contribution >= 0.6 is 0 Å². The number of imide groups is 1. The van der Waals surface area contributed by atoms with Crippen LogP contribution in [0.25, 0.3) is 0 Å². The summed E-state index contributed by atoms with van der Waals surface area (Å²) in [6.45, 7) is 3.74. The van der Waals surface area contributed by atoms with Crippen molar-refractivity contribution in [3.8, 4) is 0 Å². The molecule has 2 aromatic carbocycles. The van der Waals surface area contributed by atoms with E-state index < -0.39 is 17.6 Å². The lowest BCUT2D eigenvalue weighted by Gasteiger charge is -2.40. The second kappa shape index (κ2) is 8.37. The number of carbonyl (C=O) groups excluding carboxylic acids is 3. The fourth-order valence-corrected chi connectivity index (χ4v) is 5.35. The van der Waals surface area contributed by atoms with Gasteiger partial charge in [-0.25, -0.2) is 4.39 Å². The van der Waals surface area contributed by atoms with Crippen molar-refractivity contribution in [1.82, 2.24) is 15.1 Å². The van der Waals surface area contributed by atoms with Crippen LogP contribution in [0.4, 0.5) is 4.39 Å². The molecule has 3 amide bonds. The highest BCUT2D eigenvalue weighted by atomic mass is 19.1. The number of carbonyl (C=O) groups is 3. The number of amides is 3. The minimum Gasteiger partial charge on any atom is -0.322 e. The van der Waals surface area contributed by atoms with Crippen molar-refractivity contribution in [2.75, 3.05) is 13.1 Å². The number of piperidine rings is 2. The highest BCUT2D eigenvalue weighted by molar-refractivity contribution is 6.05. The van der Waals surface area contributed by atoms with Gasteiger partial charge in [-0.1, -0.05) is 42.5 Å². The minimum absolute atomic E-state index is 0.216. The molecule has 0 radical (unpaired) electrons. The van der Waals surface area contributed by atoms with E-state index in [2.05, 4.69) is 29.3 Å². The first-order valence-electron chi connectivity index (χ1n) is 11.6. The van der Waals surface area contributed by atoms with Crippen molar-refractivity contribution in [2.45, 2.75) is 56.9 Å². The summed E-state index contributed by atoms with van der Waals surface area (Å²) >= 11 is 0. The van der Waals surface area contributed by atoms with Gasteiger partial charge < -0.3 is 4.90 Å². The van der Waals surface area contributed by atoms with Crippen LogP contribution in [-0.4, -0.2) is 46.7 Å². The molecular weight excluding hydrogens is 421 g/mol. The van der Waals surface area contributed by atoms with Crippen molar-refractivity contribution < 1.29 is 18.8 Å². The monoisotopic (exact) mass is 449 g/mol. The van der Waals surface area contributed by atoms with Gasteiger partial charge in [0.2, 0.25) is 11.8 Å². The van der Waals surface area contributed by atoms with Gasteiger partial charge in [0.05, 0.1) is 0 Å². The third-order valence-electron chi connectivity index (χ3n) is 7.46. The molecule has 0 aromatic heterocycles. The fraction of sp³-hybridized carbons (Fsp3) is 0.423. The summed E-state index contributed by atoms with van der Waals surface area (Å²) in [6.07, 6.45) is 1.33. The van der Waals surface area contributed by atoms with E-state index in [4.69, 9.17) is 0 Å². The van der Waals surface area contributed by atoms with E-state index in [9.17, 15) is 14.4 Å². The average molecular weight is 450 g/mol. The van der Waals surface area contributed by atoms with Gasteiger partial charge in [0, 0.05) is 37.7 Å². The van der Waals surface area contributed by atoms with Crippen LogP contribution in [-0.2, 0) is 21.8 Å². The van der Waals surface area contributed by atoms with Gasteiger partial charge in [0.1, 0.15) is 11.7 Å². The lowest BCUT2D eigenvalue weighted by Crippen LogP contribution is -2.52. The maximum absolute atomic E-state index is 16.0. The number of alkyl halides is 1. The van der Waals surface area contributed by atoms with Crippen LogP contribution in [0.3, 0.4) is 0 Å². The zero-order chi connectivity index (χ0) is 23.2. The molecule has 3 aliphatic heterocycles. The van der Waals surface area contributed by atoms with Crippen LogP contribution < -0.4 is 5.32 Å². The first-order valence-corrected chi connectivity index (χ1v) is 11.6. The maximum atomic E-state index is 16.0. The van der Waals surface area contributed by atoms with E-state index in [0.29, 0.717) is 43.5 Å². The van der Waals surface area contributed by atoms with Crippen molar-refractivity contribution in [1.29, 1.82) is 0 Å². The summed E-state index contributed by atoms with van der Waals surface area (Å²) in [4.78, 5) is 40.4. The van der Waals surface area contributed by atoms with E-state index in [1.165, 1.54) is 10.5 Å². The third kappa shape index (κ3) is 3.95. The third-order valence-corrected chi connectivity index (χ3v) is 7.46. The summed E-state index contributed by atoms with van der Waals surface area (Å²) in [5.41, 5.74) is 1.66. The summed E-state index contributed by atoms with van der Waals surface area (Å²) in [6, 6.07) is 15.1. The number of hydrogen-bond acceptors (Lipinski definition) is 4. The minimum atomic E-state index is -1.44. The highest BCUT2D eigenvalue weighted by Gasteiger charge is 2.42. The lowest BCUT2D eigenvalue weighted by molar-refractivity contribution is -0.136. The van der Waals surface area contributed by atoms with Crippen molar-refractivity contribution >= 4 is 17.7 Å². The molecule has 2 atom stereocenters. The van der Waals surface area contributed by atoms with Gasteiger partial charge >= 0.3 is 0 Å². The number of hydrogen-bond donors (Lipinski definition) is 1. The first kappa shape index (κ1) is 21.8. The van der Waals surface area contributed by atoms with Gasteiger partial charge in [-0.2, -0.15) is 0 Å². The molecule has 1 N–H and O–H groups in total. The molecule has 33 heavy (non-hydrogen) atoms. The molecule has 2 unspecified atom stereocenters. The Labute approximate surface area is 192 Å². The van der Waals surface area contributed by atoms with Crippen molar-refractivity contribution in [2.24, 2.45) is 0 Å². The van der Waals surface area contributed by atoms with Gasteiger partial charge in [-0.3, -0.25) is 24.6 Å². The molecule has 2 fully saturated rings. The molecule has 2 aromatic rings. The van der Waals surface area contributed by atoms with Crippen LogP contribution in [0.15, 0.2) is 48.5 Å². The van der Waals surface area contributed by atoms with E-state index in [1.807, 2.05) is 18.2 Å². The molecule has 0 saturated carbocycles. The predicted molar refractivity (Wildman–Crippen MR) is 121 cm³/mol. The molecule has 5 rings (SSSR count). The normalized spacial score (nSPS) is 23.9. The number of benzene rings is 2. The van der Waals surface area contributed by atoms with Crippen molar-refractivity contribution in [3.05, 3.63) is 70.8 Å². The molecule has 0 spiro atoms. The van der Waals surface area contributed by atoms with Gasteiger partial charge in [-0.15, -0.1) is 0 Å². The van der Waals surface area contributed by atoms with Crippen LogP contribution in [0, 0.1) is 0 Å². The first-order chi connectivity index (χ1) is 15.9. The number of nitrogens with zero attached hydrogens (tertiary/aromatic N) is 2. The molecule has 172 valence electrons.